The summed E-state index contributed by atoms with van der Waals surface area (Å²) < 4.78 is 0. The molecule has 2 aliphatic carbocycles. The summed E-state index contributed by atoms with van der Waals surface area (Å²) in [5, 5.41) is 23.0. The van der Waals surface area contributed by atoms with Gasteiger partial charge in [0.1, 0.15) is 6.10 Å². The molecule has 2 nitrogen and oxygen atoms in total. The van der Waals surface area contributed by atoms with Gasteiger partial charge in [-0.1, -0.05) is 36.4 Å². The van der Waals surface area contributed by atoms with Gasteiger partial charge >= 0.3 is 0 Å². The van der Waals surface area contributed by atoms with E-state index in [-0.39, 0.29) is 0 Å². The first-order chi connectivity index (χ1) is 10.3. The minimum atomic E-state index is -0.752. The molecule has 1 heterocycles. The number of aliphatic hydroxyl groups is 2. The van der Waals surface area contributed by atoms with Gasteiger partial charge in [0.15, 0.2) is 0 Å². The zero-order chi connectivity index (χ0) is 14.1. The molecule has 3 aromatic rings. The number of aryl methyl sites for hydroxylation is 1. The van der Waals surface area contributed by atoms with E-state index in [0.29, 0.717) is 6.42 Å². The molecule has 2 N–H and O–H groups in total. The molecule has 0 saturated heterocycles. The first kappa shape index (κ1) is 11.9. The first-order valence-corrected chi connectivity index (χ1v) is 8.11. The monoisotopic (exact) mass is 294 g/mol. The highest BCUT2D eigenvalue weighted by Gasteiger charge is 2.36. The smallest absolute Gasteiger partial charge is 0.107 e. The van der Waals surface area contributed by atoms with Gasteiger partial charge in [0.25, 0.3) is 0 Å². The standard InChI is InChI=1S/C18H14O2S/c19-12-7-8-13-16(17(12)20)15-10-5-1-3-9-4-2-6-11(14(9)10)18(15)21-13/h1-6,12,17,19-20H,7-8H2/t12-,17+/m1/s1. The van der Waals surface area contributed by atoms with Crippen LogP contribution in [0.3, 0.4) is 0 Å². The van der Waals surface area contributed by atoms with Crippen molar-refractivity contribution in [1.29, 1.82) is 0 Å². The van der Waals surface area contributed by atoms with Crippen molar-refractivity contribution < 1.29 is 10.2 Å². The SMILES string of the molecule is O[C@@H]1CCc2sc3c(c2[C@H]1O)-c1cccc2cccc-3c12. The zero-order valence-electron chi connectivity index (χ0n) is 11.3. The second-order valence-corrected chi connectivity index (χ2v) is 7.01. The summed E-state index contributed by atoms with van der Waals surface area (Å²) >= 11 is 1.79. The van der Waals surface area contributed by atoms with Gasteiger partial charge in [0.2, 0.25) is 0 Å². The van der Waals surface area contributed by atoms with Crippen LogP contribution in [0.4, 0.5) is 0 Å². The van der Waals surface area contributed by atoms with Crippen molar-refractivity contribution in [2.45, 2.75) is 25.0 Å². The van der Waals surface area contributed by atoms with Crippen LogP contribution in [0.15, 0.2) is 36.4 Å². The Kier molecular flexibility index (Phi) is 2.24. The third kappa shape index (κ3) is 1.39. The van der Waals surface area contributed by atoms with Crippen LogP contribution < -0.4 is 0 Å². The molecule has 2 aromatic carbocycles. The maximum absolute atomic E-state index is 10.5. The lowest BCUT2D eigenvalue weighted by Gasteiger charge is -2.25. The molecule has 104 valence electrons. The normalized spacial score (nSPS) is 22.4. The van der Waals surface area contributed by atoms with Crippen molar-refractivity contribution in [2.24, 2.45) is 0 Å². The van der Waals surface area contributed by atoms with E-state index in [1.807, 2.05) is 0 Å². The number of hydrogen-bond donors (Lipinski definition) is 2. The van der Waals surface area contributed by atoms with Crippen LogP contribution in [0.5, 0.6) is 0 Å². The number of fused-ring (bicyclic) bond motifs is 5. The predicted octanol–water partition coefficient (Wildman–Crippen LogP) is 3.89. The predicted molar refractivity (Wildman–Crippen MR) is 85.5 cm³/mol. The summed E-state index contributed by atoms with van der Waals surface area (Å²) in [7, 11) is 0. The van der Waals surface area contributed by atoms with Crippen molar-refractivity contribution in [3.05, 3.63) is 46.8 Å². The van der Waals surface area contributed by atoms with Gasteiger partial charge in [-0.15, -0.1) is 11.3 Å². The Morgan fingerprint density at radius 3 is 2.57 bits per heavy atom. The quantitative estimate of drug-likeness (QED) is 0.516. The van der Waals surface area contributed by atoms with E-state index in [0.717, 1.165) is 17.5 Å². The number of rotatable bonds is 0. The second kappa shape index (κ2) is 3.95. The molecule has 5 rings (SSSR count). The molecule has 0 radical (unpaired) electrons. The van der Waals surface area contributed by atoms with Crippen LogP contribution in [0, 0.1) is 0 Å². The van der Waals surface area contributed by atoms with E-state index in [2.05, 4.69) is 36.4 Å². The van der Waals surface area contributed by atoms with Crippen LogP contribution in [-0.2, 0) is 6.42 Å². The summed E-state index contributed by atoms with van der Waals surface area (Å²) in [5.74, 6) is 0. The van der Waals surface area contributed by atoms with Gasteiger partial charge in [-0.25, -0.2) is 0 Å². The number of hydrogen-bond acceptors (Lipinski definition) is 3. The summed E-state index contributed by atoms with van der Waals surface area (Å²) in [6, 6.07) is 12.8. The fraction of sp³-hybridized carbons (Fsp3) is 0.222. The molecule has 0 amide bonds. The van der Waals surface area contributed by atoms with Crippen molar-refractivity contribution >= 4 is 22.1 Å². The Bertz CT molecular complexity index is 888. The third-order valence-electron chi connectivity index (χ3n) is 4.77. The van der Waals surface area contributed by atoms with Crippen LogP contribution in [0.1, 0.15) is 23.0 Å². The highest BCUT2D eigenvalue weighted by Crippen LogP contribution is 2.56. The van der Waals surface area contributed by atoms with E-state index in [1.54, 1.807) is 11.3 Å². The van der Waals surface area contributed by atoms with Crippen LogP contribution in [-0.4, -0.2) is 16.3 Å². The van der Waals surface area contributed by atoms with Gasteiger partial charge in [-0.2, -0.15) is 0 Å². The molecule has 0 bridgehead atoms. The molecule has 1 aromatic heterocycles. The Hall–Kier alpha value is -1.68. The van der Waals surface area contributed by atoms with Crippen molar-refractivity contribution in [3.8, 4) is 21.6 Å². The maximum Gasteiger partial charge on any atom is 0.107 e. The molecule has 3 heteroatoms. The molecule has 0 fully saturated rings. The summed E-state index contributed by atoms with van der Waals surface area (Å²) in [5.41, 5.74) is 4.62. The second-order valence-electron chi connectivity index (χ2n) is 5.90. The molecule has 0 aliphatic heterocycles. The van der Waals surface area contributed by atoms with Crippen LogP contribution in [0.2, 0.25) is 0 Å². The fourth-order valence-electron chi connectivity index (χ4n) is 3.81. The molecule has 0 spiro atoms. The highest BCUT2D eigenvalue weighted by molar-refractivity contribution is 7.16. The summed E-state index contributed by atoms with van der Waals surface area (Å²) in [4.78, 5) is 2.50. The summed E-state index contributed by atoms with van der Waals surface area (Å²) in [6.45, 7) is 0. The Balaban J connectivity index is 1.91. The van der Waals surface area contributed by atoms with Crippen molar-refractivity contribution in [2.75, 3.05) is 0 Å². The number of benzene rings is 2. The topological polar surface area (TPSA) is 40.5 Å². The molecule has 2 aliphatic rings. The minimum Gasteiger partial charge on any atom is -0.390 e. The number of aliphatic hydroxyl groups excluding tert-OH is 2. The lowest BCUT2D eigenvalue weighted by Crippen LogP contribution is -2.24. The van der Waals surface area contributed by atoms with Gasteiger partial charge < -0.3 is 10.2 Å². The maximum atomic E-state index is 10.5. The van der Waals surface area contributed by atoms with E-state index >= 15 is 0 Å². The Morgan fingerprint density at radius 2 is 1.76 bits per heavy atom. The van der Waals surface area contributed by atoms with Crippen LogP contribution >= 0.6 is 11.3 Å². The molecule has 21 heavy (non-hydrogen) atoms. The Morgan fingerprint density at radius 1 is 1.00 bits per heavy atom. The fourth-order valence-corrected chi connectivity index (χ4v) is 5.22. The highest BCUT2D eigenvalue weighted by atomic mass is 32.1. The average molecular weight is 294 g/mol. The van der Waals surface area contributed by atoms with E-state index < -0.39 is 12.2 Å². The van der Waals surface area contributed by atoms with Crippen LogP contribution in [0.25, 0.3) is 32.3 Å². The molecule has 0 saturated carbocycles. The van der Waals surface area contributed by atoms with Crippen molar-refractivity contribution in [1.82, 2.24) is 0 Å². The average Bonchev–Trinajstić information content (AvgIpc) is 3.02. The van der Waals surface area contributed by atoms with E-state index in [4.69, 9.17) is 0 Å². The van der Waals surface area contributed by atoms with Gasteiger partial charge in [0, 0.05) is 26.4 Å². The lowest BCUT2D eigenvalue weighted by molar-refractivity contribution is 0.00762. The van der Waals surface area contributed by atoms with Gasteiger partial charge in [-0.05, 0) is 29.2 Å². The van der Waals surface area contributed by atoms with Gasteiger partial charge in [0.05, 0.1) is 6.10 Å². The largest absolute Gasteiger partial charge is 0.390 e. The first-order valence-electron chi connectivity index (χ1n) is 7.30. The third-order valence-corrected chi connectivity index (χ3v) is 6.07. The molecule has 2 atom stereocenters. The van der Waals surface area contributed by atoms with E-state index in [1.165, 1.54) is 31.7 Å². The zero-order valence-corrected chi connectivity index (χ0v) is 12.2. The molecular weight excluding hydrogens is 280 g/mol. The molecular formula is C18H14O2S. The van der Waals surface area contributed by atoms with Crippen molar-refractivity contribution in [3.63, 3.8) is 0 Å². The van der Waals surface area contributed by atoms with Gasteiger partial charge in [-0.3, -0.25) is 0 Å². The summed E-state index contributed by atoms with van der Waals surface area (Å²) in [6.07, 6.45) is 0.125. The molecule has 0 unspecified atom stereocenters. The minimum absolute atomic E-state index is 0.640. The number of thiophene rings is 1. The van der Waals surface area contributed by atoms with E-state index in [9.17, 15) is 10.2 Å². The lowest BCUT2D eigenvalue weighted by atomic mass is 9.88. The Labute approximate surface area is 126 Å².